The van der Waals surface area contributed by atoms with E-state index in [4.69, 9.17) is 0 Å². The van der Waals surface area contributed by atoms with Gasteiger partial charge in [0.2, 0.25) is 0 Å². The SMILES string of the molecule is CN(C)c1nccnc1C[C@H]1CCCN(c2cnccn2)C1. The quantitative estimate of drug-likeness (QED) is 0.858. The van der Waals surface area contributed by atoms with Crippen LogP contribution < -0.4 is 9.80 Å². The third-order valence-corrected chi connectivity index (χ3v) is 4.05. The molecule has 0 spiro atoms. The maximum atomic E-state index is 4.54. The Balaban J connectivity index is 1.71. The third-order valence-electron chi connectivity index (χ3n) is 4.05. The van der Waals surface area contributed by atoms with Crippen molar-refractivity contribution < 1.29 is 0 Å². The molecule has 1 aliphatic rings. The average molecular weight is 298 g/mol. The van der Waals surface area contributed by atoms with Gasteiger partial charge in [0, 0.05) is 52.0 Å². The van der Waals surface area contributed by atoms with Crippen molar-refractivity contribution in [2.24, 2.45) is 5.92 Å². The fraction of sp³-hybridized carbons (Fsp3) is 0.500. The molecule has 3 rings (SSSR count). The molecule has 0 radical (unpaired) electrons. The third kappa shape index (κ3) is 3.32. The fourth-order valence-corrected chi connectivity index (χ4v) is 3.04. The van der Waals surface area contributed by atoms with Crippen LogP contribution in [0.4, 0.5) is 11.6 Å². The lowest BCUT2D eigenvalue weighted by Gasteiger charge is -2.33. The zero-order chi connectivity index (χ0) is 15.4. The zero-order valence-electron chi connectivity index (χ0n) is 13.2. The summed E-state index contributed by atoms with van der Waals surface area (Å²) in [7, 11) is 4.03. The molecular weight excluding hydrogens is 276 g/mol. The van der Waals surface area contributed by atoms with Crippen LogP contribution in [0.5, 0.6) is 0 Å². The summed E-state index contributed by atoms with van der Waals surface area (Å²) in [4.78, 5) is 21.9. The van der Waals surface area contributed by atoms with Crippen molar-refractivity contribution in [3.63, 3.8) is 0 Å². The molecule has 116 valence electrons. The molecule has 0 aliphatic carbocycles. The molecule has 1 atom stereocenters. The van der Waals surface area contributed by atoms with E-state index in [9.17, 15) is 0 Å². The Labute approximate surface area is 131 Å². The van der Waals surface area contributed by atoms with Crippen molar-refractivity contribution in [1.82, 2.24) is 19.9 Å². The minimum absolute atomic E-state index is 0.575. The molecule has 1 fully saturated rings. The number of aromatic nitrogens is 4. The van der Waals surface area contributed by atoms with Gasteiger partial charge in [-0.2, -0.15) is 0 Å². The van der Waals surface area contributed by atoms with Crippen LogP contribution in [0, 0.1) is 5.92 Å². The number of hydrogen-bond acceptors (Lipinski definition) is 6. The van der Waals surface area contributed by atoms with E-state index < -0.39 is 0 Å². The second kappa shape index (κ2) is 6.68. The Morgan fingerprint density at radius 3 is 2.73 bits per heavy atom. The van der Waals surface area contributed by atoms with E-state index in [-0.39, 0.29) is 0 Å². The van der Waals surface area contributed by atoms with Crippen LogP contribution >= 0.6 is 0 Å². The van der Waals surface area contributed by atoms with Crippen LogP contribution in [-0.2, 0) is 6.42 Å². The lowest BCUT2D eigenvalue weighted by atomic mass is 9.93. The standard InChI is InChI=1S/C16H22N6/c1-21(2)16-14(18-7-8-20-16)10-13-4-3-9-22(12-13)15-11-17-5-6-19-15/h5-8,11,13H,3-4,9-10,12H2,1-2H3/t13-/m1/s1. The summed E-state index contributed by atoms with van der Waals surface area (Å²) < 4.78 is 0. The van der Waals surface area contributed by atoms with Crippen molar-refractivity contribution in [2.45, 2.75) is 19.3 Å². The van der Waals surface area contributed by atoms with E-state index in [1.807, 2.05) is 25.2 Å². The molecule has 0 aromatic carbocycles. The van der Waals surface area contributed by atoms with Gasteiger partial charge in [-0.05, 0) is 25.2 Å². The predicted octanol–water partition coefficient (Wildman–Crippen LogP) is 1.79. The molecule has 0 saturated carbocycles. The first-order valence-electron chi connectivity index (χ1n) is 7.72. The highest BCUT2D eigenvalue weighted by Gasteiger charge is 2.23. The van der Waals surface area contributed by atoms with Crippen LogP contribution in [-0.4, -0.2) is 47.1 Å². The number of nitrogens with zero attached hydrogens (tertiary/aromatic N) is 6. The molecule has 2 aromatic heterocycles. The summed E-state index contributed by atoms with van der Waals surface area (Å²) in [5, 5.41) is 0. The highest BCUT2D eigenvalue weighted by molar-refractivity contribution is 5.42. The fourth-order valence-electron chi connectivity index (χ4n) is 3.04. The van der Waals surface area contributed by atoms with Gasteiger partial charge in [-0.3, -0.25) is 9.97 Å². The lowest BCUT2D eigenvalue weighted by molar-refractivity contribution is 0.408. The van der Waals surface area contributed by atoms with Crippen molar-refractivity contribution in [1.29, 1.82) is 0 Å². The molecule has 0 N–H and O–H groups in total. The first kappa shape index (κ1) is 14.7. The monoisotopic (exact) mass is 298 g/mol. The summed E-state index contributed by atoms with van der Waals surface area (Å²) in [6.07, 6.45) is 12.2. The highest BCUT2D eigenvalue weighted by atomic mass is 15.2. The van der Waals surface area contributed by atoms with Crippen molar-refractivity contribution >= 4 is 11.6 Å². The van der Waals surface area contributed by atoms with E-state index in [1.54, 1.807) is 24.8 Å². The van der Waals surface area contributed by atoms with Gasteiger partial charge in [-0.15, -0.1) is 0 Å². The van der Waals surface area contributed by atoms with Crippen LogP contribution in [0.1, 0.15) is 18.5 Å². The summed E-state index contributed by atoms with van der Waals surface area (Å²) in [6.45, 7) is 2.05. The van der Waals surface area contributed by atoms with Crippen molar-refractivity contribution in [3.8, 4) is 0 Å². The maximum Gasteiger partial charge on any atom is 0.149 e. The second-order valence-electron chi connectivity index (χ2n) is 5.94. The van der Waals surface area contributed by atoms with Gasteiger partial charge < -0.3 is 9.80 Å². The number of piperidine rings is 1. The normalized spacial score (nSPS) is 18.3. The molecule has 0 unspecified atom stereocenters. The van der Waals surface area contributed by atoms with E-state index >= 15 is 0 Å². The van der Waals surface area contributed by atoms with Crippen LogP contribution in [0.3, 0.4) is 0 Å². The van der Waals surface area contributed by atoms with E-state index in [0.717, 1.165) is 36.8 Å². The molecule has 0 bridgehead atoms. The molecule has 3 heterocycles. The molecule has 0 amide bonds. The van der Waals surface area contributed by atoms with Gasteiger partial charge in [0.1, 0.15) is 11.6 Å². The lowest BCUT2D eigenvalue weighted by Crippen LogP contribution is -2.37. The molecule has 1 aliphatic heterocycles. The molecule has 1 saturated heterocycles. The summed E-state index contributed by atoms with van der Waals surface area (Å²) in [5.74, 6) is 2.52. The first-order valence-corrected chi connectivity index (χ1v) is 7.72. The highest BCUT2D eigenvalue weighted by Crippen LogP contribution is 2.25. The van der Waals surface area contributed by atoms with Gasteiger partial charge in [-0.1, -0.05) is 0 Å². The van der Waals surface area contributed by atoms with E-state index in [2.05, 4.69) is 24.8 Å². The van der Waals surface area contributed by atoms with Crippen molar-refractivity contribution in [3.05, 3.63) is 36.7 Å². The Morgan fingerprint density at radius 2 is 1.95 bits per heavy atom. The van der Waals surface area contributed by atoms with Crippen molar-refractivity contribution in [2.75, 3.05) is 37.0 Å². The van der Waals surface area contributed by atoms with Crippen LogP contribution in [0.15, 0.2) is 31.0 Å². The van der Waals surface area contributed by atoms with Crippen LogP contribution in [0.25, 0.3) is 0 Å². The van der Waals surface area contributed by atoms with Gasteiger partial charge in [0.05, 0.1) is 11.9 Å². The minimum Gasteiger partial charge on any atom is -0.361 e. The Bertz CT molecular complexity index is 601. The molecule has 6 heteroatoms. The zero-order valence-corrected chi connectivity index (χ0v) is 13.2. The topological polar surface area (TPSA) is 58.0 Å². The van der Waals surface area contributed by atoms with E-state index in [1.165, 1.54) is 12.8 Å². The first-order chi connectivity index (χ1) is 10.7. The second-order valence-corrected chi connectivity index (χ2v) is 5.94. The minimum atomic E-state index is 0.575. The Hall–Kier alpha value is -2.24. The largest absolute Gasteiger partial charge is 0.361 e. The summed E-state index contributed by atoms with van der Waals surface area (Å²) in [5.41, 5.74) is 1.08. The van der Waals surface area contributed by atoms with Gasteiger partial charge >= 0.3 is 0 Å². The van der Waals surface area contributed by atoms with Crippen LogP contribution in [0.2, 0.25) is 0 Å². The Kier molecular flexibility index (Phi) is 4.46. The average Bonchev–Trinajstić information content (AvgIpc) is 2.56. The smallest absolute Gasteiger partial charge is 0.149 e. The van der Waals surface area contributed by atoms with E-state index in [0.29, 0.717) is 5.92 Å². The molecule has 22 heavy (non-hydrogen) atoms. The maximum absolute atomic E-state index is 4.54. The summed E-state index contributed by atoms with van der Waals surface area (Å²) >= 11 is 0. The number of anilines is 2. The molecule has 2 aromatic rings. The number of hydrogen-bond donors (Lipinski definition) is 0. The molecular formula is C16H22N6. The number of rotatable bonds is 4. The van der Waals surface area contributed by atoms with Gasteiger partial charge in [0.25, 0.3) is 0 Å². The molecule has 6 nitrogen and oxygen atoms in total. The Morgan fingerprint density at radius 1 is 1.14 bits per heavy atom. The van der Waals surface area contributed by atoms with Gasteiger partial charge in [-0.25, -0.2) is 9.97 Å². The predicted molar refractivity (Wildman–Crippen MR) is 87.0 cm³/mol. The summed E-state index contributed by atoms with van der Waals surface area (Å²) in [6, 6.07) is 0. The van der Waals surface area contributed by atoms with Gasteiger partial charge in [0.15, 0.2) is 0 Å².